The van der Waals surface area contributed by atoms with E-state index in [-0.39, 0.29) is 18.1 Å². The Hall–Kier alpha value is -1.83. The molecule has 0 fully saturated rings. The molecule has 0 amide bonds. The first kappa shape index (κ1) is 26.4. The van der Waals surface area contributed by atoms with Gasteiger partial charge in [-0.25, -0.2) is 4.98 Å². The molecule has 0 spiro atoms. The number of esters is 1. The van der Waals surface area contributed by atoms with Gasteiger partial charge in [-0.15, -0.1) is 11.3 Å². The number of aryl methyl sites for hydroxylation is 1. The Morgan fingerprint density at radius 1 is 1.22 bits per heavy atom. The molecule has 5 atom stereocenters. The predicted octanol–water partition coefficient (Wildman–Crippen LogP) is 4.49. The molecule has 0 radical (unpaired) electrons. The number of cyclic esters (lactones) is 1. The minimum absolute atomic E-state index is 0.0367. The van der Waals surface area contributed by atoms with Crippen molar-refractivity contribution in [3.63, 3.8) is 0 Å². The van der Waals surface area contributed by atoms with Gasteiger partial charge < -0.3 is 14.9 Å². The normalized spacial score (nSPS) is 31.0. The van der Waals surface area contributed by atoms with Crippen LogP contribution in [0, 0.1) is 24.2 Å². The van der Waals surface area contributed by atoms with E-state index < -0.39 is 35.6 Å². The Morgan fingerprint density at radius 3 is 2.59 bits per heavy atom. The third-order valence-electron chi connectivity index (χ3n) is 6.30. The van der Waals surface area contributed by atoms with E-state index in [1.165, 1.54) is 0 Å². The Labute approximate surface area is 195 Å². The monoisotopic (exact) mass is 463 g/mol. The largest absolute Gasteiger partial charge is 0.458 e. The number of nitrogens with zero attached hydrogens (tertiary/aromatic N) is 1. The highest BCUT2D eigenvalue weighted by molar-refractivity contribution is 7.09. The molecule has 0 aliphatic carbocycles. The van der Waals surface area contributed by atoms with E-state index in [9.17, 15) is 19.8 Å². The van der Waals surface area contributed by atoms with Crippen molar-refractivity contribution in [1.29, 1.82) is 0 Å². The second kappa shape index (κ2) is 11.9. The van der Waals surface area contributed by atoms with Gasteiger partial charge in [0.25, 0.3) is 0 Å². The average Bonchev–Trinajstić information content (AvgIpc) is 3.16. The number of allylic oxidation sites excluding steroid dienone is 1. The minimum Gasteiger partial charge on any atom is -0.458 e. The van der Waals surface area contributed by atoms with Crippen LogP contribution in [0.4, 0.5) is 0 Å². The number of Topliss-reactive ketones (excluding diaryl/α,β-unsaturated/α-hetero) is 1. The van der Waals surface area contributed by atoms with Gasteiger partial charge in [-0.2, -0.15) is 0 Å². The van der Waals surface area contributed by atoms with Gasteiger partial charge in [0.05, 0.1) is 34.7 Å². The zero-order chi connectivity index (χ0) is 23.9. The summed E-state index contributed by atoms with van der Waals surface area (Å²) < 4.78 is 5.62. The standard InChI is InChI=1S/C25H37NO5S/c1-16-10-8-6-7-9-11-20(13-12-19-15-32-18(3)26-19)31-22(28)14-21(27)25(4,5)24(30)17(2)23(16)29/h7,9,12-13,15-17,20-21,23,27,29H,6,8,10-11,14H2,1-5H3/b9-7?,13-12+/t16?,17-,20+,21+,23+/m1/s1. The maximum atomic E-state index is 13.1. The average molecular weight is 464 g/mol. The molecule has 2 rings (SSSR count). The fourth-order valence-corrected chi connectivity index (χ4v) is 4.51. The molecule has 2 N–H and O–H groups in total. The number of carbonyl (C=O) groups excluding carboxylic acids is 2. The van der Waals surface area contributed by atoms with Crippen LogP contribution in [-0.2, 0) is 14.3 Å². The third kappa shape index (κ3) is 7.36. The van der Waals surface area contributed by atoms with E-state index in [1.807, 2.05) is 37.5 Å². The molecule has 32 heavy (non-hydrogen) atoms. The summed E-state index contributed by atoms with van der Waals surface area (Å²) in [6, 6.07) is 0. The van der Waals surface area contributed by atoms with Crippen LogP contribution in [0.5, 0.6) is 0 Å². The molecule has 0 saturated carbocycles. The first-order valence-electron chi connectivity index (χ1n) is 11.4. The number of ketones is 1. The Kier molecular flexibility index (Phi) is 9.80. The molecule has 1 aromatic rings. The number of ether oxygens (including phenoxy) is 1. The van der Waals surface area contributed by atoms with Crippen molar-refractivity contribution in [1.82, 2.24) is 4.98 Å². The van der Waals surface area contributed by atoms with E-state index >= 15 is 0 Å². The van der Waals surface area contributed by atoms with Gasteiger partial charge in [-0.1, -0.05) is 39.8 Å². The second-order valence-electron chi connectivity index (χ2n) is 9.38. The Bertz CT molecular complexity index is 828. The molecule has 1 aromatic heterocycles. The van der Waals surface area contributed by atoms with Gasteiger partial charge in [0.15, 0.2) is 0 Å². The molecule has 1 unspecified atom stereocenters. The topological polar surface area (TPSA) is 96.7 Å². The summed E-state index contributed by atoms with van der Waals surface area (Å²) in [5, 5.41) is 24.3. The van der Waals surface area contributed by atoms with Crippen LogP contribution in [0.25, 0.3) is 6.08 Å². The fraction of sp³-hybridized carbons (Fsp3) is 0.640. The molecule has 1 aliphatic heterocycles. The molecule has 6 nitrogen and oxygen atoms in total. The molecule has 2 heterocycles. The molecule has 0 aromatic carbocycles. The summed E-state index contributed by atoms with van der Waals surface area (Å²) in [4.78, 5) is 30.0. The van der Waals surface area contributed by atoms with Crippen LogP contribution >= 0.6 is 11.3 Å². The molecule has 0 bridgehead atoms. The lowest BCUT2D eigenvalue weighted by Gasteiger charge is -2.34. The van der Waals surface area contributed by atoms with Gasteiger partial charge in [0.2, 0.25) is 0 Å². The van der Waals surface area contributed by atoms with Gasteiger partial charge in [0, 0.05) is 17.7 Å². The summed E-state index contributed by atoms with van der Waals surface area (Å²) in [6.07, 6.45) is 7.97. The van der Waals surface area contributed by atoms with Crippen LogP contribution in [0.1, 0.15) is 70.5 Å². The number of hydrogen-bond donors (Lipinski definition) is 2. The third-order valence-corrected chi connectivity index (χ3v) is 7.10. The van der Waals surface area contributed by atoms with Crippen LogP contribution in [0.15, 0.2) is 23.6 Å². The predicted molar refractivity (Wildman–Crippen MR) is 127 cm³/mol. The summed E-state index contributed by atoms with van der Waals surface area (Å²) in [7, 11) is 0. The van der Waals surface area contributed by atoms with Gasteiger partial charge in [0.1, 0.15) is 11.9 Å². The minimum atomic E-state index is -1.21. The lowest BCUT2D eigenvalue weighted by molar-refractivity contribution is -0.153. The smallest absolute Gasteiger partial charge is 0.309 e. The fourth-order valence-electron chi connectivity index (χ4n) is 3.93. The summed E-state index contributed by atoms with van der Waals surface area (Å²) in [6.45, 7) is 8.82. The van der Waals surface area contributed by atoms with Crippen LogP contribution < -0.4 is 0 Å². The molecule has 178 valence electrons. The molecule has 1 aliphatic rings. The lowest BCUT2D eigenvalue weighted by Crippen LogP contribution is -2.45. The van der Waals surface area contributed by atoms with Crippen LogP contribution in [0.2, 0.25) is 0 Å². The maximum absolute atomic E-state index is 13.1. The molecular formula is C25H37NO5S. The number of aromatic nitrogens is 1. The van der Waals surface area contributed by atoms with Crippen molar-refractivity contribution in [3.8, 4) is 0 Å². The lowest BCUT2D eigenvalue weighted by atomic mass is 9.73. The summed E-state index contributed by atoms with van der Waals surface area (Å²) in [5.41, 5.74) is -0.368. The second-order valence-corrected chi connectivity index (χ2v) is 10.4. The number of aliphatic hydroxyl groups excluding tert-OH is 2. The highest BCUT2D eigenvalue weighted by Gasteiger charge is 2.42. The highest BCUT2D eigenvalue weighted by Crippen LogP contribution is 2.32. The summed E-state index contributed by atoms with van der Waals surface area (Å²) in [5.74, 6) is -1.49. The molecular weight excluding hydrogens is 426 g/mol. The van der Waals surface area contributed by atoms with Crippen molar-refractivity contribution in [2.45, 2.75) is 85.0 Å². The molecule has 0 saturated heterocycles. The van der Waals surface area contributed by atoms with Crippen molar-refractivity contribution in [2.24, 2.45) is 17.3 Å². The Morgan fingerprint density at radius 2 is 1.94 bits per heavy atom. The quantitative estimate of drug-likeness (QED) is 0.496. The Balaban J connectivity index is 2.21. The van der Waals surface area contributed by atoms with Gasteiger partial charge in [-0.05, 0) is 44.3 Å². The summed E-state index contributed by atoms with van der Waals surface area (Å²) >= 11 is 1.55. The van der Waals surface area contributed by atoms with Crippen LogP contribution in [-0.4, -0.2) is 45.3 Å². The van der Waals surface area contributed by atoms with E-state index in [0.717, 1.165) is 30.0 Å². The first-order chi connectivity index (χ1) is 15.0. The number of carbonyl (C=O) groups is 2. The first-order valence-corrected chi connectivity index (χ1v) is 12.3. The number of rotatable bonds is 2. The zero-order valence-corrected chi connectivity index (χ0v) is 20.6. The number of hydrogen-bond acceptors (Lipinski definition) is 7. The zero-order valence-electron chi connectivity index (χ0n) is 19.8. The van der Waals surface area contributed by atoms with E-state index in [4.69, 9.17) is 4.74 Å². The number of thiazole rings is 1. The van der Waals surface area contributed by atoms with Crippen molar-refractivity contribution in [3.05, 3.63) is 34.3 Å². The van der Waals surface area contributed by atoms with Gasteiger partial charge >= 0.3 is 5.97 Å². The van der Waals surface area contributed by atoms with Gasteiger partial charge in [-0.3, -0.25) is 9.59 Å². The highest BCUT2D eigenvalue weighted by atomic mass is 32.1. The van der Waals surface area contributed by atoms with Crippen molar-refractivity contribution >= 4 is 29.2 Å². The van der Waals surface area contributed by atoms with Crippen molar-refractivity contribution in [2.75, 3.05) is 0 Å². The van der Waals surface area contributed by atoms with E-state index in [2.05, 4.69) is 11.1 Å². The van der Waals surface area contributed by atoms with Crippen LogP contribution in [0.3, 0.4) is 0 Å². The van der Waals surface area contributed by atoms with E-state index in [0.29, 0.717) is 6.42 Å². The maximum Gasteiger partial charge on any atom is 0.309 e. The van der Waals surface area contributed by atoms with E-state index in [1.54, 1.807) is 32.1 Å². The van der Waals surface area contributed by atoms with Crippen molar-refractivity contribution < 1.29 is 24.5 Å². The number of aliphatic hydroxyl groups is 2. The SMILES string of the molecule is Cc1nc(/C=C/[C@@H]2CC=CCCCC(C)[C@H](O)[C@@H](C)C(=O)C(C)(C)[C@@H](O)CC(=O)O2)cs1. The molecule has 7 heteroatoms.